The lowest BCUT2D eigenvalue weighted by atomic mass is 10.1. The van der Waals surface area contributed by atoms with E-state index >= 15 is 0 Å². The predicted octanol–water partition coefficient (Wildman–Crippen LogP) is 2.48. The van der Waals surface area contributed by atoms with Gasteiger partial charge in [0, 0.05) is 13.0 Å². The molecule has 0 aliphatic heterocycles. The van der Waals surface area contributed by atoms with Crippen LogP contribution in [0.25, 0.3) is 0 Å². The smallest absolute Gasteiger partial charge is 0.138 e. The molecule has 0 amide bonds. The molecule has 0 aromatic carbocycles. The molecule has 2 heterocycles. The third kappa shape index (κ3) is 3.23. The van der Waals surface area contributed by atoms with Crippen molar-refractivity contribution in [2.45, 2.75) is 46.2 Å². The molecule has 0 aliphatic rings. The largest absolute Gasteiger partial charge is 0.467 e. The van der Waals surface area contributed by atoms with Crippen LogP contribution in [0, 0.1) is 6.92 Å². The first-order chi connectivity index (χ1) is 9.26. The van der Waals surface area contributed by atoms with Crippen molar-refractivity contribution in [1.82, 2.24) is 20.1 Å². The molecule has 0 bridgehead atoms. The lowest BCUT2D eigenvalue weighted by Crippen LogP contribution is -2.24. The summed E-state index contributed by atoms with van der Waals surface area (Å²) in [6.45, 7) is 8.12. The van der Waals surface area contributed by atoms with Crippen LogP contribution < -0.4 is 5.32 Å². The van der Waals surface area contributed by atoms with E-state index in [1.165, 1.54) is 5.56 Å². The third-order valence-electron chi connectivity index (χ3n) is 3.19. The van der Waals surface area contributed by atoms with Crippen LogP contribution in [0.3, 0.4) is 0 Å². The number of nitrogens with zero attached hydrogens (tertiary/aromatic N) is 3. The van der Waals surface area contributed by atoms with Crippen LogP contribution in [-0.4, -0.2) is 21.3 Å². The lowest BCUT2D eigenvalue weighted by molar-refractivity contribution is 0.402. The van der Waals surface area contributed by atoms with Crippen molar-refractivity contribution in [2.24, 2.45) is 0 Å². The van der Waals surface area contributed by atoms with E-state index in [9.17, 15) is 0 Å². The van der Waals surface area contributed by atoms with Crippen molar-refractivity contribution in [3.8, 4) is 0 Å². The zero-order valence-electron chi connectivity index (χ0n) is 11.9. The highest BCUT2D eigenvalue weighted by atomic mass is 16.3. The van der Waals surface area contributed by atoms with Crippen LogP contribution in [0.2, 0.25) is 0 Å². The van der Waals surface area contributed by atoms with Crippen molar-refractivity contribution >= 4 is 0 Å². The zero-order valence-corrected chi connectivity index (χ0v) is 11.9. The summed E-state index contributed by atoms with van der Waals surface area (Å²) in [7, 11) is 0. The quantitative estimate of drug-likeness (QED) is 0.833. The van der Waals surface area contributed by atoms with E-state index in [1.807, 2.05) is 10.7 Å². The summed E-state index contributed by atoms with van der Waals surface area (Å²) < 4.78 is 7.58. The fourth-order valence-corrected chi connectivity index (χ4v) is 2.27. The first kappa shape index (κ1) is 13.8. The molecule has 2 aromatic rings. The van der Waals surface area contributed by atoms with Crippen molar-refractivity contribution in [1.29, 1.82) is 0 Å². The number of nitrogens with one attached hydrogen (secondary N) is 1. The lowest BCUT2D eigenvalue weighted by Gasteiger charge is -2.16. The molecule has 1 atom stereocenters. The standard InChI is InChI=1S/C14H22N4O/c1-4-7-18-13(16-10-17-18)9-12(15-5-2)14-11(3)6-8-19-14/h6,8,10,12,15H,4-5,7,9H2,1-3H3. The summed E-state index contributed by atoms with van der Waals surface area (Å²) >= 11 is 0. The molecule has 2 aromatic heterocycles. The van der Waals surface area contributed by atoms with Gasteiger partial charge in [-0.25, -0.2) is 4.98 Å². The van der Waals surface area contributed by atoms with Crippen molar-refractivity contribution in [3.63, 3.8) is 0 Å². The fourth-order valence-electron chi connectivity index (χ4n) is 2.27. The van der Waals surface area contributed by atoms with Gasteiger partial charge in [-0.15, -0.1) is 0 Å². The molecular weight excluding hydrogens is 240 g/mol. The Morgan fingerprint density at radius 2 is 2.26 bits per heavy atom. The molecule has 0 aliphatic carbocycles. The van der Waals surface area contributed by atoms with Gasteiger partial charge in [0.1, 0.15) is 17.9 Å². The number of aryl methyl sites for hydroxylation is 2. The molecule has 0 saturated heterocycles. The SMILES string of the molecule is CCCn1ncnc1CC(NCC)c1occc1C. The molecule has 0 saturated carbocycles. The predicted molar refractivity (Wildman–Crippen MR) is 73.9 cm³/mol. The number of hydrogen-bond donors (Lipinski definition) is 1. The molecule has 5 nitrogen and oxygen atoms in total. The van der Waals surface area contributed by atoms with E-state index < -0.39 is 0 Å². The molecule has 1 N–H and O–H groups in total. The van der Waals surface area contributed by atoms with Gasteiger partial charge in [-0.05, 0) is 31.5 Å². The second-order valence-electron chi connectivity index (χ2n) is 4.68. The van der Waals surface area contributed by atoms with Gasteiger partial charge in [-0.1, -0.05) is 13.8 Å². The van der Waals surface area contributed by atoms with E-state index in [1.54, 1.807) is 12.6 Å². The highest BCUT2D eigenvalue weighted by Crippen LogP contribution is 2.22. The average molecular weight is 262 g/mol. The molecule has 5 heteroatoms. The maximum Gasteiger partial charge on any atom is 0.138 e. The number of likely N-dealkylation sites (N-methyl/N-ethyl adjacent to an activating group) is 1. The van der Waals surface area contributed by atoms with E-state index in [-0.39, 0.29) is 6.04 Å². The zero-order chi connectivity index (χ0) is 13.7. The van der Waals surface area contributed by atoms with Crippen molar-refractivity contribution < 1.29 is 4.42 Å². The van der Waals surface area contributed by atoms with Gasteiger partial charge >= 0.3 is 0 Å². The molecule has 0 radical (unpaired) electrons. The second-order valence-corrected chi connectivity index (χ2v) is 4.68. The van der Waals surface area contributed by atoms with E-state index in [2.05, 4.69) is 36.2 Å². The Balaban J connectivity index is 2.17. The molecule has 2 rings (SSSR count). The summed E-state index contributed by atoms with van der Waals surface area (Å²) in [6.07, 6.45) is 5.22. The Morgan fingerprint density at radius 1 is 1.42 bits per heavy atom. The highest BCUT2D eigenvalue weighted by Gasteiger charge is 2.19. The van der Waals surface area contributed by atoms with Crippen LogP contribution in [-0.2, 0) is 13.0 Å². The van der Waals surface area contributed by atoms with Crippen molar-refractivity contribution in [2.75, 3.05) is 6.54 Å². The van der Waals surface area contributed by atoms with Gasteiger partial charge < -0.3 is 9.73 Å². The monoisotopic (exact) mass is 262 g/mol. The second kappa shape index (κ2) is 6.52. The maximum absolute atomic E-state index is 5.61. The number of aromatic nitrogens is 3. The minimum atomic E-state index is 0.153. The fraction of sp³-hybridized carbons (Fsp3) is 0.571. The Labute approximate surface area is 114 Å². The van der Waals surface area contributed by atoms with E-state index in [4.69, 9.17) is 4.42 Å². The van der Waals surface area contributed by atoms with Gasteiger partial charge in [0.15, 0.2) is 0 Å². The van der Waals surface area contributed by atoms with Crippen LogP contribution in [0.4, 0.5) is 0 Å². The minimum Gasteiger partial charge on any atom is -0.467 e. The average Bonchev–Trinajstić information content (AvgIpc) is 2.99. The van der Waals surface area contributed by atoms with Gasteiger partial charge in [-0.3, -0.25) is 4.68 Å². The van der Waals surface area contributed by atoms with E-state index in [0.717, 1.165) is 37.5 Å². The summed E-state index contributed by atoms with van der Waals surface area (Å²) in [5.74, 6) is 2.00. The van der Waals surface area contributed by atoms with Crippen LogP contribution >= 0.6 is 0 Å². The summed E-state index contributed by atoms with van der Waals surface area (Å²) in [6, 6.07) is 2.15. The molecule has 0 fully saturated rings. The summed E-state index contributed by atoms with van der Waals surface area (Å²) in [5.41, 5.74) is 1.17. The summed E-state index contributed by atoms with van der Waals surface area (Å²) in [4.78, 5) is 4.37. The van der Waals surface area contributed by atoms with Crippen LogP contribution in [0.15, 0.2) is 23.1 Å². The molecule has 19 heavy (non-hydrogen) atoms. The Bertz CT molecular complexity index is 503. The summed E-state index contributed by atoms with van der Waals surface area (Å²) in [5, 5.41) is 7.73. The first-order valence-corrected chi connectivity index (χ1v) is 6.90. The molecule has 104 valence electrons. The normalized spacial score (nSPS) is 12.8. The van der Waals surface area contributed by atoms with Crippen LogP contribution in [0.1, 0.15) is 43.5 Å². The van der Waals surface area contributed by atoms with Gasteiger partial charge in [0.25, 0.3) is 0 Å². The Kier molecular flexibility index (Phi) is 4.74. The van der Waals surface area contributed by atoms with Gasteiger partial charge in [-0.2, -0.15) is 5.10 Å². The van der Waals surface area contributed by atoms with E-state index in [0.29, 0.717) is 0 Å². The maximum atomic E-state index is 5.61. The molecule has 0 spiro atoms. The highest BCUT2D eigenvalue weighted by molar-refractivity contribution is 5.19. The van der Waals surface area contributed by atoms with Gasteiger partial charge in [0.2, 0.25) is 0 Å². The third-order valence-corrected chi connectivity index (χ3v) is 3.19. The Morgan fingerprint density at radius 3 is 2.89 bits per heavy atom. The topological polar surface area (TPSA) is 55.9 Å². The number of furan rings is 1. The molecular formula is C14H22N4O. The first-order valence-electron chi connectivity index (χ1n) is 6.90. The van der Waals surface area contributed by atoms with Crippen molar-refractivity contribution in [3.05, 3.63) is 35.8 Å². The number of hydrogen-bond acceptors (Lipinski definition) is 4. The Hall–Kier alpha value is -1.62. The number of rotatable bonds is 7. The minimum absolute atomic E-state index is 0.153. The molecule has 1 unspecified atom stereocenters. The van der Waals surface area contributed by atoms with Crippen LogP contribution in [0.5, 0.6) is 0 Å². The van der Waals surface area contributed by atoms with Gasteiger partial charge in [0.05, 0.1) is 12.3 Å².